The van der Waals surface area contributed by atoms with E-state index in [2.05, 4.69) is 20.9 Å². The zero-order valence-electron chi connectivity index (χ0n) is 19.7. The summed E-state index contributed by atoms with van der Waals surface area (Å²) < 4.78 is 28.3. The molecule has 184 valence electrons. The van der Waals surface area contributed by atoms with Gasteiger partial charge in [-0.25, -0.2) is 8.78 Å². The summed E-state index contributed by atoms with van der Waals surface area (Å²) in [4.78, 5) is 17.3. The SMILES string of the molecule is Cc1ccc(C(c2ccc(F)cc2)[C@H](N)C(=O)Nc2cncc(F)c2CC[C@@H]2CNCCN2)cc1. The highest BCUT2D eigenvalue weighted by atomic mass is 19.1. The smallest absolute Gasteiger partial charge is 0.242 e. The van der Waals surface area contributed by atoms with Crippen LogP contribution in [0, 0.1) is 18.6 Å². The molecule has 0 aliphatic carbocycles. The number of nitrogens with zero attached hydrogens (tertiary/aromatic N) is 1. The minimum atomic E-state index is -0.997. The molecule has 2 aromatic carbocycles. The summed E-state index contributed by atoms with van der Waals surface area (Å²) in [5.41, 5.74) is 9.83. The average Bonchev–Trinajstić information content (AvgIpc) is 2.86. The van der Waals surface area contributed by atoms with Gasteiger partial charge in [-0.05, 0) is 43.0 Å². The number of carbonyl (C=O) groups excluding carboxylic acids is 1. The topological polar surface area (TPSA) is 92.1 Å². The van der Waals surface area contributed by atoms with Crippen LogP contribution >= 0.6 is 0 Å². The summed E-state index contributed by atoms with van der Waals surface area (Å²) >= 11 is 0. The second-order valence-corrected chi connectivity index (χ2v) is 9.00. The van der Waals surface area contributed by atoms with E-state index in [1.165, 1.54) is 18.3 Å². The van der Waals surface area contributed by atoms with Crippen LogP contribution in [0.1, 0.15) is 34.6 Å². The van der Waals surface area contributed by atoms with Gasteiger partial charge in [0.2, 0.25) is 5.91 Å². The molecule has 4 rings (SSSR count). The Kier molecular flexibility index (Phi) is 8.17. The third-order valence-electron chi connectivity index (χ3n) is 6.46. The van der Waals surface area contributed by atoms with Crippen molar-refractivity contribution in [1.82, 2.24) is 15.6 Å². The number of aryl methyl sites for hydroxylation is 1. The van der Waals surface area contributed by atoms with Gasteiger partial charge in [-0.3, -0.25) is 9.78 Å². The number of benzene rings is 2. The molecule has 1 unspecified atom stereocenters. The number of carbonyl (C=O) groups is 1. The number of anilines is 1. The van der Waals surface area contributed by atoms with Crippen LogP contribution in [0.4, 0.5) is 14.5 Å². The lowest BCUT2D eigenvalue weighted by Crippen LogP contribution is -2.48. The number of hydrogen-bond donors (Lipinski definition) is 4. The van der Waals surface area contributed by atoms with Gasteiger partial charge in [-0.15, -0.1) is 0 Å². The van der Waals surface area contributed by atoms with Crippen LogP contribution in [0.25, 0.3) is 0 Å². The number of nitrogens with one attached hydrogen (secondary N) is 3. The van der Waals surface area contributed by atoms with E-state index in [1.807, 2.05) is 31.2 Å². The van der Waals surface area contributed by atoms with Gasteiger partial charge < -0.3 is 21.7 Å². The molecule has 6 nitrogen and oxygen atoms in total. The summed E-state index contributed by atoms with van der Waals surface area (Å²) in [6, 6.07) is 12.9. The molecule has 0 radical (unpaired) electrons. The van der Waals surface area contributed by atoms with E-state index in [1.54, 1.807) is 12.1 Å². The number of nitrogens with two attached hydrogens (primary N) is 1. The highest BCUT2D eigenvalue weighted by Crippen LogP contribution is 2.29. The van der Waals surface area contributed by atoms with Crippen LogP contribution < -0.4 is 21.7 Å². The van der Waals surface area contributed by atoms with Gasteiger partial charge in [0, 0.05) is 37.2 Å². The van der Waals surface area contributed by atoms with Gasteiger partial charge in [0.25, 0.3) is 0 Å². The van der Waals surface area contributed by atoms with Gasteiger partial charge >= 0.3 is 0 Å². The van der Waals surface area contributed by atoms with E-state index in [-0.39, 0.29) is 11.9 Å². The zero-order valence-corrected chi connectivity index (χ0v) is 19.7. The molecule has 0 saturated carbocycles. The number of halogens is 2. The van der Waals surface area contributed by atoms with Crippen LogP contribution in [0.5, 0.6) is 0 Å². The van der Waals surface area contributed by atoms with E-state index in [0.717, 1.165) is 37.0 Å². The monoisotopic (exact) mass is 479 g/mol. The second kappa shape index (κ2) is 11.5. The Morgan fingerprint density at radius 1 is 1.09 bits per heavy atom. The van der Waals surface area contributed by atoms with Crippen molar-refractivity contribution in [3.8, 4) is 0 Å². The van der Waals surface area contributed by atoms with Crippen LogP contribution in [-0.4, -0.2) is 42.6 Å². The molecule has 0 spiro atoms. The van der Waals surface area contributed by atoms with Crippen molar-refractivity contribution in [3.05, 3.63) is 94.8 Å². The lowest BCUT2D eigenvalue weighted by atomic mass is 9.84. The van der Waals surface area contributed by atoms with E-state index in [4.69, 9.17) is 5.73 Å². The number of rotatable bonds is 8. The van der Waals surface area contributed by atoms with Crippen molar-refractivity contribution >= 4 is 11.6 Å². The van der Waals surface area contributed by atoms with Crippen LogP contribution in [0.3, 0.4) is 0 Å². The summed E-state index contributed by atoms with van der Waals surface area (Å²) in [5, 5.41) is 9.54. The predicted octanol–water partition coefficient (Wildman–Crippen LogP) is 3.26. The molecule has 3 atom stereocenters. The zero-order chi connectivity index (χ0) is 24.8. The maximum absolute atomic E-state index is 14.7. The van der Waals surface area contributed by atoms with Crippen molar-refractivity contribution in [2.45, 2.75) is 37.8 Å². The largest absolute Gasteiger partial charge is 0.323 e. The summed E-state index contributed by atoms with van der Waals surface area (Å²) in [7, 11) is 0. The van der Waals surface area contributed by atoms with E-state index in [9.17, 15) is 13.6 Å². The Bertz CT molecular complexity index is 1090. The Morgan fingerprint density at radius 3 is 2.43 bits per heavy atom. The first kappa shape index (κ1) is 24.9. The van der Waals surface area contributed by atoms with Crippen molar-refractivity contribution < 1.29 is 13.6 Å². The average molecular weight is 480 g/mol. The van der Waals surface area contributed by atoms with Gasteiger partial charge in [-0.2, -0.15) is 0 Å². The first-order chi connectivity index (χ1) is 16.9. The van der Waals surface area contributed by atoms with E-state index >= 15 is 0 Å². The minimum Gasteiger partial charge on any atom is -0.323 e. The first-order valence-electron chi connectivity index (χ1n) is 11.9. The number of hydrogen-bond acceptors (Lipinski definition) is 5. The highest BCUT2D eigenvalue weighted by Gasteiger charge is 2.29. The van der Waals surface area contributed by atoms with Gasteiger partial charge in [0.15, 0.2) is 0 Å². The molecule has 1 fully saturated rings. The fourth-order valence-electron chi connectivity index (χ4n) is 4.48. The van der Waals surface area contributed by atoms with Crippen LogP contribution in [0.15, 0.2) is 60.9 Å². The van der Waals surface area contributed by atoms with Crippen LogP contribution in [-0.2, 0) is 11.2 Å². The third-order valence-corrected chi connectivity index (χ3v) is 6.46. The fourth-order valence-corrected chi connectivity index (χ4v) is 4.48. The predicted molar refractivity (Wildman–Crippen MR) is 133 cm³/mol. The summed E-state index contributed by atoms with van der Waals surface area (Å²) in [6.45, 7) is 4.57. The molecule has 1 aliphatic heterocycles. The Balaban J connectivity index is 1.56. The third kappa shape index (κ3) is 6.28. The maximum atomic E-state index is 14.7. The normalized spacial score (nSPS) is 17.5. The molecular weight excluding hydrogens is 448 g/mol. The fraction of sp³-hybridized carbons (Fsp3) is 0.333. The Labute approximate surface area is 204 Å². The molecule has 8 heteroatoms. The molecule has 5 N–H and O–H groups in total. The number of amides is 1. The number of aromatic nitrogens is 1. The molecule has 2 heterocycles. The molecule has 3 aromatic rings. The minimum absolute atomic E-state index is 0.228. The molecule has 1 saturated heterocycles. The van der Waals surface area contributed by atoms with Crippen LogP contribution in [0.2, 0.25) is 0 Å². The first-order valence-corrected chi connectivity index (χ1v) is 11.9. The van der Waals surface area contributed by atoms with E-state index < -0.39 is 23.7 Å². The number of piperazine rings is 1. The van der Waals surface area contributed by atoms with Crippen molar-refractivity contribution in [3.63, 3.8) is 0 Å². The molecule has 1 aromatic heterocycles. The van der Waals surface area contributed by atoms with Crippen molar-refractivity contribution in [2.24, 2.45) is 5.73 Å². The summed E-state index contributed by atoms with van der Waals surface area (Å²) in [6.07, 6.45) is 3.77. The lowest BCUT2D eigenvalue weighted by molar-refractivity contribution is -0.117. The molecular formula is C27H31F2N5O. The van der Waals surface area contributed by atoms with E-state index in [0.29, 0.717) is 29.7 Å². The Hall–Kier alpha value is -3.20. The standard InChI is InChI=1S/C27H31F2N5O/c1-17-2-4-18(5-3-17)25(19-6-8-20(28)9-7-19)26(30)27(35)34-24-16-32-15-23(29)22(24)11-10-21-14-31-12-13-33-21/h2-9,15-16,21,25-26,31,33H,10-14,30H2,1H3,(H,34,35)/t21-,25?,26+/m1/s1. The Morgan fingerprint density at radius 2 is 1.77 bits per heavy atom. The quantitative estimate of drug-likeness (QED) is 0.398. The van der Waals surface area contributed by atoms with Gasteiger partial charge in [-0.1, -0.05) is 42.0 Å². The maximum Gasteiger partial charge on any atom is 0.242 e. The molecule has 1 aliphatic rings. The summed E-state index contributed by atoms with van der Waals surface area (Å²) in [5.74, 6) is -1.81. The molecule has 1 amide bonds. The second-order valence-electron chi connectivity index (χ2n) is 9.00. The van der Waals surface area contributed by atoms with Gasteiger partial charge in [0.1, 0.15) is 11.6 Å². The van der Waals surface area contributed by atoms with Crippen molar-refractivity contribution in [2.75, 3.05) is 25.0 Å². The molecule has 35 heavy (non-hydrogen) atoms. The van der Waals surface area contributed by atoms with Crippen molar-refractivity contribution in [1.29, 1.82) is 0 Å². The molecule has 0 bridgehead atoms. The highest BCUT2D eigenvalue weighted by molar-refractivity contribution is 5.96. The number of pyridine rings is 1. The van der Waals surface area contributed by atoms with Gasteiger partial charge in [0.05, 0.1) is 24.1 Å². The lowest BCUT2D eigenvalue weighted by Gasteiger charge is -2.26.